The maximum atomic E-state index is 13.7. The topological polar surface area (TPSA) is 103 Å². The van der Waals surface area contributed by atoms with Crippen LogP contribution in [0.4, 0.5) is 5.88 Å². The third kappa shape index (κ3) is 3.46. The van der Waals surface area contributed by atoms with Crippen LogP contribution in [-0.2, 0) is 4.79 Å². The lowest BCUT2D eigenvalue weighted by molar-refractivity contribution is -0.116. The van der Waals surface area contributed by atoms with Crippen molar-refractivity contribution in [3.8, 4) is 23.0 Å². The lowest BCUT2D eigenvalue weighted by Crippen LogP contribution is -2.29. The van der Waals surface area contributed by atoms with Gasteiger partial charge in [0, 0.05) is 23.6 Å². The molecule has 1 aliphatic carbocycles. The number of hydrogen-bond donors (Lipinski definition) is 2. The van der Waals surface area contributed by atoms with E-state index in [0.29, 0.717) is 47.2 Å². The molecule has 5 rings (SSSR count). The van der Waals surface area contributed by atoms with Gasteiger partial charge in [0.25, 0.3) is 0 Å². The highest BCUT2D eigenvalue weighted by Gasteiger charge is 2.41. The summed E-state index contributed by atoms with van der Waals surface area (Å²) in [5.41, 5.74) is 4.88. The van der Waals surface area contributed by atoms with E-state index < -0.39 is 0 Å². The Kier molecular flexibility index (Phi) is 5.43. The standard InChI is InChI=1S/C26H26N2O6/c1-13-22-23(16-11-20(31-2)25(33-4)21(12-16)32-3)24-18(27-26(22)34-28-13)9-15(10-19(24)30)14-5-7-17(29)8-6-14/h5-8,11-12,15,23,27,29H,9-10H2,1-4H3/t15-,23+/m0/s1. The number of hydrogen-bond acceptors (Lipinski definition) is 8. The molecule has 0 spiro atoms. The molecule has 0 radical (unpaired) electrons. The Bertz CT molecular complexity index is 1270. The number of ether oxygens (including phenoxy) is 3. The average molecular weight is 463 g/mol. The fourth-order valence-electron chi connectivity index (χ4n) is 5.06. The van der Waals surface area contributed by atoms with Crippen LogP contribution in [-0.4, -0.2) is 37.4 Å². The molecule has 3 aromatic rings. The second-order valence-electron chi connectivity index (χ2n) is 8.54. The molecule has 8 heteroatoms. The monoisotopic (exact) mass is 462 g/mol. The van der Waals surface area contributed by atoms with E-state index in [2.05, 4.69) is 10.5 Å². The normalized spacial score (nSPS) is 19.2. The number of aromatic nitrogens is 1. The second kappa shape index (κ2) is 8.44. The SMILES string of the molecule is COc1cc([C@H]2C3=C(C[C@H](c4ccc(O)cc4)CC3=O)Nc3onc(C)c32)cc(OC)c1OC. The molecular formula is C26H26N2O6. The zero-order valence-corrected chi connectivity index (χ0v) is 19.5. The smallest absolute Gasteiger partial charge is 0.233 e. The van der Waals surface area contributed by atoms with Crippen LogP contribution in [0.25, 0.3) is 0 Å². The van der Waals surface area contributed by atoms with Crippen molar-refractivity contribution >= 4 is 11.7 Å². The first-order valence-electron chi connectivity index (χ1n) is 11.0. The van der Waals surface area contributed by atoms with Gasteiger partial charge in [-0.25, -0.2) is 0 Å². The van der Waals surface area contributed by atoms with Gasteiger partial charge in [-0.1, -0.05) is 17.3 Å². The molecule has 0 bridgehead atoms. The van der Waals surface area contributed by atoms with E-state index in [1.165, 1.54) is 0 Å². The molecule has 1 aromatic heterocycles. The number of fused-ring (bicyclic) bond motifs is 1. The number of aryl methyl sites for hydroxylation is 1. The number of carbonyl (C=O) groups is 1. The van der Waals surface area contributed by atoms with E-state index in [-0.39, 0.29) is 23.4 Å². The highest BCUT2D eigenvalue weighted by molar-refractivity contribution is 6.01. The summed E-state index contributed by atoms with van der Waals surface area (Å²) < 4.78 is 22.3. The van der Waals surface area contributed by atoms with E-state index in [1.807, 2.05) is 31.2 Å². The Balaban J connectivity index is 1.65. The molecule has 34 heavy (non-hydrogen) atoms. The van der Waals surface area contributed by atoms with Crippen molar-refractivity contribution in [3.05, 3.63) is 70.1 Å². The predicted octanol–water partition coefficient (Wildman–Crippen LogP) is 4.67. The Morgan fingerprint density at radius 3 is 2.29 bits per heavy atom. The number of nitrogens with zero attached hydrogens (tertiary/aromatic N) is 1. The molecule has 0 saturated carbocycles. The van der Waals surface area contributed by atoms with Crippen LogP contribution in [0.2, 0.25) is 0 Å². The number of allylic oxidation sites excluding steroid dienone is 2. The highest BCUT2D eigenvalue weighted by Crippen LogP contribution is 2.51. The number of nitrogens with one attached hydrogen (secondary N) is 1. The minimum absolute atomic E-state index is 0.00879. The van der Waals surface area contributed by atoms with Crippen LogP contribution in [0.3, 0.4) is 0 Å². The summed E-state index contributed by atoms with van der Waals surface area (Å²) in [5.74, 6) is 1.90. The molecule has 1 aliphatic heterocycles. The van der Waals surface area contributed by atoms with E-state index in [1.54, 1.807) is 33.5 Å². The third-order valence-electron chi connectivity index (χ3n) is 6.64. The van der Waals surface area contributed by atoms with Gasteiger partial charge in [-0.05, 0) is 54.7 Å². The molecule has 2 atom stereocenters. The fraction of sp³-hybridized carbons (Fsp3) is 0.308. The van der Waals surface area contributed by atoms with Gasteiger partial charge in [0.1, 0.15) is 5.75 Å². The first-order valence-corrected chi connectivity index (χ1v) is 11.0. The van der Waals surface area contributed by atoms with Crippen molar-refractivity contribution in [2.24, 2.45) is 0 Å². The number of anilines is 1. The third-order valence-corrected chi connectivity index (χ3v) is 6.64. The number of rotatable bonds is 5. The van der Waals surface area contributed by atoms with Crippen molar-refractivity contribution in [2.45, 2.75) is 31.6 Å². The zero-order valence-electron chi connectivity index (χ0n) is 19.5. The van der Waals surface area contributed by atoms with Crippen molar-refractivity contribution < 1.29 is 28.6 Å². The van der Waals surface area contributed by atoms with Crippen LogP contribution >= 0.6 is 0 Å². The minimum atomic E-state index is -0.389. The van der Waals surface area contributed by atoms with Crippen molar-refractivity contribution in [1.29, 1.82) is 0 Å². The Morgan fingerprint density at radius 1 is 1.00 bits per heavy atom. The lowest BCUT2D eigenvalue weighted by atomic mass is 9.72. The average Bonchev–Trinajstić information content (AvgIpc) is 3.22. The van der Waals surface area contributed by atoms with Gasteiger partial charge in [0.15, 0.2) is 17.3 Å². The minimum Gasteiger partial charge on any atom is -0.508 e. The molecular weight excluding hydrogens is 436 g/mol. The number of benzene rings is 2. The molecule has 0 fully saturated rings. The summed E-state index contributed by atoms with van der Waals surface area (Å²) in [6, 6.07) is 10.8. The summed E-state index contributed by atoms with van der Waals surface area (Å²) in [5, 5.41) is 17.2. The van der Waals surface area contributed by atoms with Gasteiger partial charge in [-0.2, -0.15) is 0 Å². The lowest BCUT2D eigenvalue weighted by Gasteiger charge is -2.34. The zero-order chi connectivity index (χ0) is 24.0. The van der Waals surface area contributed by atoms with Crippen LogP contribution in [0.1, 0.15) is 47.1 Å². The van der Waals surface area contributed by atoms with Crippen molar-refractivity contribution in [3.63, 3.8) is 0 Å². The van der Waals surface area contributed by atoms with Crippen LogP contribution in [0.15, 0.2) is 52.2 Å². The summed E-state index contributed by atoms with van der Waals surface area (Å²) in [4.78, 5) is 13.7. The molecule has 2 aliphatic rings. The molecule has 0 unspecified atom stereocenters. The van der Waals surface area contributed by atoms with Gasteiger partial charge >= 0.3 is 0 Å². The van der Waals surface area contributed by atoms with E-state index in [9.17, 15) is 9.90 Å². The molecule has 176 valence electrons. The Hall–Kier alpha value is -3.94. The number of ketones is 1. The molecule has 8 nitrogen and oxygen atoms in total. The first-order chi connectivity index (χ1) is 16.4. The number of carbonyl (C=O) groups excluding carboxylic acids is 1. The van der Waals surface area contributed by atoms with Crippen molar-refractivity contribution in [2.75, 3.05) is 26.6 Å². The molecule has 2 heterocycles. The van der Waals surface area contributed by atoms with Gasteiger partial charge in [0.05, 0.1) is 32.6 Å². The first kappa shape index (κ1) is 21.9. The number of phenols is 1. The fourth-order valence-corrected chi connectivity index (χ4v) is 5.06. The number of phenolic OH excluding ortho intramolecular Hbond substituents is 1. The van der Waals surface area contributed by atoms with E-state index in [4.69, 9.17) is 18.7 Å². The molecule has 0 amide bonds. The van der Waals surface area contributed by atoms with Crippen LogP contribution < -0.4 is 19.5 Å². The Labute approximate surface area is 197 Å². The number of methoxy groups -OCH3 is 3. The van der Waals surface area contributed by atoms with Gasteiger partial charge in [-0.3, -0.25) is 4.79 Å². The summed E-state index contributed by atoms with van der Waals surface area (Å²) >= 11 is 0. The highest BCUT2D eigenvalue weighted by atomic mass is 16.5. The quantitative estimate of drug-likeness (QED) is 0.564. The van der Waals surface area contributed by atoms with Gasteiger partial charge < -0.3 is 29.2 Å². The van der Waals surface area contributed by atoms with Crippen molar-refractivity contribution in [1.82, 2.24) is 5.16 Å². The maximum absolute atomic E-state index is 13.7. The molecule has 2 aromatic carbocycles. The second-order valence-corrected chi connectivity index (χ2v) is 8.54. The van der Waals surface area contributed by atoms with Gasteiger partial charge in [0.2, 0.25) is 11.6 Å². The molecule has 0 saturated heterocycles. The van der Waals surface area contributed by atoms with Gasteiger partial charge in [-0.15, -0.1) is 0 Å². The largest absolute Gasteiger partial charge is 0.508 e. The summed E-state index contributed by atoms with van der Waals surface area (Å²) in [7, 11) is 4.69. The van der Waals surface area contributed by atoms with E-state index in [0.717, 1.165) is 22.4 Å². The number of aromatic hydroxyl groups is 1. The maximum Gasteiger partial charge on any atom is 0.233 e. The predicted molar refractivity (Wildman–Crippen MR) is 125 cm³/mol. The Morgan fingerprint density at radius 2 is 1.68 bits per heavy atom. The van der Waals surface area contributed by atoms with Crippen LogP contribution in [0.5, 0.6) is 23.0 Å². The van der Waals surface area contributed by atoms with Crippen LogP contribution in [0, 0.1) is 6.92 Å². The summed E-state index contributed by atoms with van der Waals surface area (Å²) in [6.45, 7) is 1.87. The number of Topliss-reactive ketones (excluding diaryl/α,β-unsaturated/α-hetero) is 1. The molecule has 2 N–H and O–H groups in total. The summed E-state index contributed by atoms with van der Waals surface area (Å²) in [6.07, 6.45) is 0.998. The van der Waals surface area contributed by atoms with E-state index >= 15 is 0 Å².